The van der Waals surface area contributed by atoms with Gasteiger partial charge in [0, 0.05) is 43.3 Å². The molecule has 3 amide bonds. The number of amides is 3. The molecule has 6 heteroatoms. The van der Waals surface area contributed by atoms with E-state index in [0.717, 1.165) is 37.9 Å². The summed E-state index contributed by atoms with van der Waals surface area (Å²) in [6, 6.07) is 10.6. The van der Waals surface area contributed by atoms with Crippen LogP contribution >= 0.6 is 0 Å². The van der Waals surface area contributed by atoms with E-state index in [9.17, 15) is 9.59 Å². The minimum atomic E-state index is -0.283. The van der Waals surface area contributed by atoms with Crippen LogP contribution in [0.4, 0.5) is 10.5 Å². The third kappa shape index (κ3) is 4.79. The van der Waals surface area contributed by atoms with E-state index in [1.54, 1.807) is 36.7 Å². The summed E-state index contributed by atoms with van der Waals surface area (Å²) in [5, 5.41) is 5.59. The third-order valence-corrected chi connectivity index (χ3v) is 4.18. The molecule has 130 valence electrons. The number of nitrogens with zero attached hydrogens (tertiary/aromatic N) is 2. The van der Waals surface area contributed by atoms with Crippen molar-refractivity contribution in [2.45, 2.75) is 19.3 Å². The topological polar surface area (TPSA) is 74.3 Å². The Labute approximate surface area is 147 Å². The predicted octanol–water partition coefficient (Wildman–Crippen LogP) is 2.68. The standard InChI is InChI=1S/C19H22N4O2/c24-18(23-11-1-2-12-23)16-6-3-7-17(13-16)22-19(25)21-10-8-15-5-4-9-20-14-15/h3-7,9,13-14H,1-2,8,10-12H2,(H2,21,22,25). The number of urea groups is 1. The van der Waals surface area contributed by atoms with Gasteiger partial charge < -0.3 is 15.5 Å². The number of aromatic nitrogens is 1. The lowest BCUT2D eigenvalue weighted by Gasteiger charge is -2.16. The molecular weight excluding hydrogens is 316 g/mol. The highest BCUT2D eigenvalue weighted by atomic mass is 16.2. The van der Waals surface area contributed by atoms with E-state index in [1.807, 2.05) is 17.0 Å². The molecular formula is C19H22N4O2. The first-order valence-corrected chi connectivity index (χ1v) is 8.55. The lowest BCUT2D eigenvalue weighted by molar-refractivity contribution is 0.0793. The van der Waals surface area contributed by atoms with Crippen LogP contribution < -0.4 is 10.6 Å². The number of hydrogen-bond donors (Lipinski definition) is 2. The van der Waals surface area contributed by atoms with Gasteiger partial charge in [0.15, 0.2) is 0 Å². The highest BCUT2D eigenvalue weighted by Gasteiger charge is 2.19. The first-order valence-electron chi connectivity index (χ1n) is 8.55. The van der Waals surface area contributed by atoms with Crippen LogP contribution in [0.3, 0.4) is 0 Å². The third-order valence-electron chi connectivity index (χ3n) is 4.18. The molecule has 0 atom stereocenters. The van der Waals surface area contributed by atoms with Crippen LogP contribution in [-0.4, -0.2) is 41.5 Å². The van der Waals surface area contributed by atoms with Crippen molar-refractivity contribution in [3.63, 3.8) is 0 Å². The Hall–Kier alpha value is -2.89. The maximum Gasteiger partial charge on any atom is 0.319 e. The number of anilines is 1. The van der Waals surface area contributed by atoms with Crippen LogP contribution in [0.25, 0.3) is 0 Å². The number of hydrogen-bond acceptors (Lipinski definition) is 3. The Balaban J connectivity index is 1.51. The minimum absolute atomic E-state index is 0.0261. The second kappa shape index (κ2) is 8.28. The van der Waals surface area contributed by atoms with Crippen molar-refractivity contribution in [1.29, 1.82) is 0 Å². The number of benzene rings is 1. The number of likely N-dealkylation sites (tertiary alicyclic amines) is 1. The molecule has 0 spiro atoms. The average Bonchev–Trinajstić information content (AvgIpc) is 3.17. The van der Waals surface area contributed by atoms with Crippen molar-refractivity contribution < 1.29 is 9.59 Å². The molecule has 2 N–H and O–H groups in total. The second-order valence-electron chi connectivity index (χ2n) is 6.07. The molecule has 3 rings (SSSR count). The maximum atomic E-state index is 12.4. The van der Waals surface area contributed by atoms with E-state index in [0.29, 0.717) is 17.8 Å². The summed E-state index contributed by atoms with van der Waals surface area (Å²) in [4.78, 5) is 30.3. The van der Waals surface area contributed by atoms with Gasteiger partial charge in [-0.2, -0.15) is 0 Å². The summed E-state index contributed by atoms with van der Waals surface area (Å²) in [5.41, 5.74) is 2.29. The van der Waals surface area contributed by atoms with Crippen LogP contribution in [0.2, 0.25) is 0 Å². The molecule has 1 aromatic carbocycles. The highest BCUT2D eigenvalue weighted by Crippen LogP contribution is 2.16. The summed E-state index contributed by atoms with van der Waals surface area (Å²) in [6.45, 7) is 2.14. The van der Waals surface area contributed by atoms with Gasteiger partial charge in [-0.15, -0.1) is 0 Å². The van der Waals surface area contributed by atoms with Crippen molar-refractivity contribution in [2.75, 3.05) is 25.0 Å². The van der Waals surface area contributed by atoms with Crippen molar-refractivity contribution in [1.82, 2.24) is 15.2 Å². The van der Waals surface area contributed by atoms with Gasteiger partial charge in [-0.25, -0.2) is 4.79 Å². The lowest BCUT2D eigenvalue weighted by Crippen LogP contribution is -2.31. The van der Waals surface area contributed by atoms with Crippen molar-refractivity contribution in [2.24, 2.45) is 0 Å². The summed E-state index contributed by atoms with van der Waals surface area (Å²) in [5.74, 6) is 0.0261. The van der Waals surface area contributed by atoms with Crippen molar-refractivity contribution in [3.05, 3.63) is 59.9 Å². The van der Waals surface area contributed by atoms with Gasteiger partial charge in [0.2, 0.25) is 0 Å². The molecule has 2 aromatic rings. The Morgan fingerprint density at radius 1 is 1.12 bits per heavy atom. The quantitative estimate of drug-likeness (QED) is 0.880. The molecule has 1 aliphatic heterocycles. The number of carbonyl (C=O) groups is 2. The molecule has 0 saturated carbocycles. The van der Waals surface area contributed by atoms with Gasteiger partial charge in [0.25, 0.3) is 5.91 Å². The largest absolute Gasteiger partial charge is 0.339 e. The molecule has 0 radical (unpaired) electrons. The van der Waals surface area contributed by atoms with Crippen molar-refractivity contribution >= 4 is 17.6 Å². The summed E-state index contributed by atoms with van der Waals surface area (Å²) < 4.78 is 0. The monoisotopic (exact) mass is 338 g/mol. The molecule has 1 saturated heterocycles. The second-order valence-corrected chi connectivity index (χ2v) is 6.07. The first kappa shape index (κ1) is 17.0. The molecule has 1 fully saturated rings. The Morgan fingerprint density at radius 3 is 2.72 bits per heavy atom. The van der Waals surface area contributed by atoms with Crippen LogP contribution in [0.1, 0.15) is 28.8 Å². The molecule has 6 nitrogen and oxygen atoms in total. The van der Waals surface area contributed by atoms with Crippen LogP contribution in [0.15, 0.2) is 48.8 Å². The van der Waals surface area contributed by atoms with Gasteiger partial charge >= 0.3 is 6.03 Å². The zero-order valence-electron chi connectivity index (χ0n) is 14.1. The molecule has 1 aromatic heterocycles. The van der Waals surface area contributed by atoms with E-state index >= 15 is 0 Å². The molecule has 0 bridgehead atoms. The molecule has 0 aliphatic carbocycles. The van der Waals surface area contributed by atoms with E-state index in [1.165, 1.54) is 0 Å². The van der Waals surface area contributed by atoms with Gasteiger partial charge in [0.1, 0.15) is 0 Å². The highest BCUT2D eigenvalue weighted by molar-refractivity contribution is 5.97. The zero-order chi connectivity index (χ0) is 17.5. The van der Waals surface area contributed by atoms with E-state index in [2.05, 4.69) is 15.6 Å². The predicted molar refractivity (Wildman–Crippen MR) is 96.5 cm³/mol. The average molecular weight is 338 g/mol. The Morgan fingerprint density at radius 2 is 1.96 bits per heavy atom. The van der Waals surface area contributed by atoms with E-state index < -0.39 is 0 Å². The van der Waals surface area contributed by atoms with E-state index in [4.69, 9.17) is 0 Å². The minimum Gasteiger partial charge on any atom is -0.339 e. The zero-order valence-corrected chi connectivity index (χ0v) is 14.1. The molecule has 2 heterocycles. The number of pyridine rings is 1. The smallest absolute Gasteiger partial charge is 0.319 e. The summed E-state index contributed by atoms with van der Waals surface area (Å²) in [7, 11) is 0. The Kier molecular flexibility index (Phi) is 5.61. The normalized spacial score (nSPS) is 13.5. The van der Waals surface area contributed by atoms with E-state index in [-0.39, 0.29) is 11.9 Å². The Bertz CT molecular complexity index is 727. The summed E-state index contributed by atoms with van der Waals surface area (Å²) >= 11 is 0. The number of carbonyl (C=O) groups excluding carboxylic acids is 2. The van der Waals surface area contributed by atoms with Gasteiger partial charge in [-0.3, -0.25) is 9.78 Å². The van der Waals surface area contributed by atoms with Crippen LogP contribution in [0.5, 0.6) is 0 Å². The fraction of sp³-hybridized carbons (Fsp3) is 0.316. The molecule has 25 heavy (non-hydrogen) atoms. The van der Waals surface area contributed by atoms with Crippen LogP contribution in [-0.2, 0) is 6.42 Å². The lowest BCUT2D eigenvalue weighted by atomic mass is 10.2. The summed E-state index contributed by atoms with van der Waals surface area (Å²) in [6.07, 6.45) is 6.34. The fourth-order valence-electron chi connectivity index (χ4n) is 2.87. The van der Waals surface area contributed by atoms with Gasteiger partial charge in [-0.05, 0) is 49.1 Å². The molecule has 0 unspecified atom stereocenters. The fourth-order valence-corrected chi connectivity index (χ4v) is 2.87. The number of rotatable bonds is 5. The maximum absolute atomic E-state index is 12.4. The van der Waals surface area contributed by atoms with Crippen molar-refractivity contribution in [3.8, 4) is 0 Å². The van der Waals surface area contributed by atoms with Gasteiger partial charge in [-0.1, -0.05) is 12.1 Å². The molecule has 1 aliphatic rings. The number of nitrogens with one attached hydrogen (secondary N) is 2. The van der Waals surface area contributed by atoms with Crippen LogP contribution in [0, 0.1) is 0 Å². The first-order chi connectivity index (χ1) is 12.2. The van der Waals surface area contributed by atoms with Gasteiger partial charge in [0.05, 0.1) is 0 Å². The SMILES string of the molecule is O=C(NCCc1cccnc1)Nc1cccc(C(=O)N2CCCC2)c1.